The quantitative estimate of drug-likeness (QED) is 0.244. The molecule has 1 unspecified atom stereocenters. The zero-order chi connectivity index (χ0) is 30.0. The third-order valence-corrected chi connectivity index (χ3v) is 8.12. The smallest absolute Gasteiger partial charge is 0.255 e. The lowest BCUT2D eigenvalue weighted by Crippen LogP contribution is -2.32. The third-order valence-electron chi connectivity index (χ3n) is 7.58. The lowest BCUT2D eigenvalue weighted by Gasteiger charge is -2.24. The van der Waals surface area contributed by atoms with Crippen molar-refractivity contribution in [3.05, 3.63) is 70.4 Å². The Morgan fingerprint density at radius 1 is 1.10 bits per heavy atom. The Hall–Kier alpha value is -3.89. The highest BCUT2D eigenvalue weighted by Gasteiger charge is 2.24. The number of carbonyl (C=O) groups is 2. The van der Waals surface area contributed by atoms with Crippen LogP contribution in [0.25, 0.3) is 21.9 Å². The first-order valence-electron chi connectivity index (χ1n) is 13.8. The highest BCUT2D eigenvalue weighted by molar-refractivity contribution is 6.35. The van der Waals surface area contributed by atoms with Crippen LogP contribution in [0.2, 0.25) is 10.0 Å². The van der Waals surface area contributed by atoms with Gasteiger partial charge in [0, 0.05) is 56.8 Å². The SMILES string of the molecule is C=C(CN(C)C(=O)CCC(Nc1ncnc2cc(C(=O)N3CCCC3)c(Cl)cc12)c1nc2cc(Cl)ccc2[nH]1)N(C)C. The van der Waals surface area contributed by atoms with Crippen molar-refractivity contribution < 1.29 is 9.59 Å². The molecule has 12 heteroatoms. The number of aromatic nitrogens is 4. The van der Waals surface area contributed by atoms with Gasteiger partial charge in [-0.1, -0.05) is 29.8 Å². The van der Waals surface area contributed by atoms with Crippen LogP contribution in [0.3, 0.4) is 0 Å². The number of nitrogens with zero attached hydrogens (tertiary/aromatic N) is 6. The van der Waals surface area contributed by atoms with Crippen LogP contribution in [0.1, 0.15) is 47.9 Å². The van der Waals surface area contributed by atoms with Gasteiger partial charge in [-0.3, -0.25) is 9.59 Å². The molecule has 4 aromatic rings. The van der Waals surface area contributed by atoms with Gasteiger partial charge in [0.05, 0.1) is 39.7 Å². The molecule has 2 N–H and O–H groups in total. The van der Waals surface area contributed by atoms with Gasteiger partial charge in [-0.05, 0) is 49.6 Å². The molecular weight excluding hydrogens is 575 g/mol. The second-order valence-electron chi connectivity index (χ2n) is 10.8. The maximum absolute atomic E-state index is 13.1. The zero-order valence-electron chi connectivity index (χ0n) is 24.0. The largest absolute Gasteiger partial charge is 0.380 e. The van der Waals surface area contributed by atoms with Crippen molar-refractivity contribution in [2.24, 2.45) is 0 Å². The van der Waals surface area contributed by atoms with E-state index >= 15 is 0 Å². The van der Waals surface area contributed by atoms with Crippen LogP contribution in [-0.4, -0.2) is 87.2 Å². The topological polar surface area (TPSA) is 110 Å². The van der Waals surface area contributed by atoms with E-state index in [4.69, 9.17) is 28.2 Å². The van der Waals surface area contributed by atoms with Crippen LogP contribution in [0.4, 0.5) is 5.82 Å². The van der Waals surface area contributed by atoms with Gasteiger partial charge in [0.15, 0.2) is 0 Å². The average molecular weight is 610 g/mol. The molecule has 1 aliphatic rings. The molecule has 0 saturated carbocycles. The summed E-state index contributed by atoms with van der Waals surface area (Å²) >= 11 is 12.9. The van der Waals surface area contributed by atoms with Crippen molar-refractivity contribution >= 4 is 62.8 Å². The first-order chi connectivity index (χ1) is 20.1. The summed E-state index contributed by atoms with van der Waals surface area (Å²) in [6, 6.07) is 8.50. The van der Waals surface area contributed by atoms with Gasteiger partial charge in [-0.25, -0.2) is 15.0 Å². The fraction of sp³-hybridized carbons (Fsp3) is 0.367. The van der Waals surface area contributed by atoms with Crippen molar-refractivity contribution in [1.82, 2.24) is 34.6 Å². The number of imidazole rings is 1. The van der Waals surface area contributed by atoms with Crippen molar-refractivity contribution in [3.8, 4) is 0 Å². The van der Waals surface area contributed by atoms with Gasteiger partial charge in [0.1, 0.15) is 18.0 Å². The van der Waals surface area contributed by atoms with E-state index in [0.29, 0.717) is 51.1 Å². The number of fused-ring (bicyclic) bond motifs is 2. The molecule has 42 heavy (non-hydrogen) atoms. The molecule has 0 radical (unpaired) electrons. The minimum atomic E-state index is -0.409. The number of nitrogens with one attached hydrogen (secondary N) is 2. The summed E-state index contributed by atoms with van der Waals surface area (Å²) in [5.41, 5.74) is 3.40. The van der Waals surface area contributed by atoms with E-state index in [9.17, 15) is 9.59 Å². The summed E-state index contributed by atoms with van der Waals surface area (Å²) in [7, 11) is 5.57. The molecule has 1 fully saturated rings. The number of carbonyl (C=O) groups excluding carboxylic acids is 2. The monoisotopic (exact) mass is 608 g/mol. The van der Waals surface area contributed by atoms with E-state index in [2.05, 4.69) is 26.8 Å². The predicted molar refractivity (Wildman–Crippen MR) is 167 cm³/mol. The fourth-order valence-corrected chi connectivity index (χ4v) is 5.43. The number of hydrogen-bond donors (Lipinski definition) is 2. The number of likely N-dealkylation sites (tertiary alicyclic amines) is 1. The fourth-order valence-electron chi connectivity index (χ4n) is 5.01. The highest BCUT2D eigenvalue weighted by atomic mass is 35.5. The number of anilines is 1. The number of amides is 2. The van der Waals surface area contributed by atoms with Crippen molar-refractivity contribution in [3.63, 3.8) is 0 Å². The maximum atomic E-state index is 13.1. The van der Waals surface area contributed by atoms with Crippen LogP contribution in [-0.2, 0) is 4.79 Å². The third kappa shape index (κ3) is 6.44. The molecule has 2 aromatic heterocycles. The van der Waals surface area contributed by atoms with Crippen LogP contribution in [0, 0.1) is 0 Å². The van der Waals surface area contributed by atoms with Crippen molar-refractivity contribution in [2.45, 2.75) is 31.7 Å². The molecular formula is C30H34Cl2N8O2. The normalized spacial score (nSPS) is 13.9. The summed E-state index contributed by atoms with van der Waals surface area (Å²) in [4.78, 5) is 48.6. The summed E-state index contributed by atoms with van der Waals surface area (Å²) < 4.78 is 0. The Kier molecular flexibility index (Phi) is 8.84. The van der Waals surface area contributed by atoms with Crippen LogP contribution in [0.15, 0.2) is 48.9 Å². The molecule has 1 atom stereocenters. The molecule has 0 aliphatic carbocycles. The standard InChI is InChI=1S/C30H34Cl2N8O2/c1-18(38(2)3)16-39(4)27(41)10-9-24(29-35-23-8-7-19(31)13-26(23)37-29)36-28-21-14-22(32)20(15-25(21)33-17-34-28)30(42)40-11-5-6-12-40/h7-8,13-15,17,24H,1,5-6,9-12,16H2,2-4H3,(H,35,37)(H,33,34,36). The number of hydrogen-bond acceptors (Lipinski definition) is 7. The number of rotatable bonds is 10. The molecule has 220 valence electrons. The summed E-state index contributed by atoms with van der Waals surface area (Å²) in [6.45, 7) is 5.91. The Labute approximate surface area is 254 Å². The van der Waals surface area contributed by atoms with Crippen molar-refractivity contribution in [1.29, 1.82) is 0 Å². The Morgan fingerprint density at radius 3 is 2.60 bits per heavy atom. The van der Waals surface area contributed by atoms with Crippen LogP contribution in [0.5, 0.6) is 0 Å². The number of halogens is 2. The molecule has 5 rings (SSSR count). The maximum Gasteiger partial charge on any atom is 0.255 e. The van der Waals surface area contributed by atoms with E-state index in [0.717, 1.165) is 42.7 Å². The molecule has 2 aromatic carbocycles. The van der Waals surface area contributed by atoms with Gasteiger partial charge >= 0.3 is 0 Å². The van der Waals surface area contributed by atoms with Gasteiger partial charge in [-0.15, -0.1) is 0 Å². The summed E-state index contributed by atoms with van der Waals surface area (Å²) in [5.74, 6) is 1.04. The van der Waals surface area contributed by atoms with Crippen LogP contribution < -0.4 is 5.32 Å². The number of benzene rings is 2. The molecule has 1 aliphatic heterocycles. The second kappa shape index (κ2) is 12.5. The molecule has 2 amide bonds. The zero-order valence-corrected chi connectivity index (χ0v) is 25.5. The first-order valence-corrected chi connectivity index (χ1v) is 14.6. The summed E-state index contributed by atoms with van der Waals surface area (Å²) in [6.07, 6.45) is 4.11. The minimum Gasteiger partial charge on any atom is -0.380 e. The first kappa shape index (κ1) is 29.6. The van der Waals surface area contributed by atoms with E-state index < -0.39 is 6.04 Å². The van der Waals surface area contributed by atoms with Gasteiger partial charge in [0.25, 0.3) is 5.91 Å². The Morgan fingerprint density at radius 2 is 1.86 bits per heavy atom. The van der Waals surface area contributed by atoms with Crippen molar-refractivity contribution in [2.75, 3.05) is 46.1 Å². The predicted octanol–water partition coefficient (Wildman–Crippen LogP) is 5.52. The van der Waals surface area contributed by atoms with E-state index in [-0.39, 0.29) is 18.2 Å². The second-order valence-corrected chi connectivity index (χ2v) is 11.6. The van der Waals surface area contributed by atoms with E-state index in [1.165, 1.54) is 6.33 Å². The molecule has 0 bridgehead atoms. The number of aromatic amines is 1. The lowest BCUT2D eigenvalue weighted by atomic mass is 10.1. The number of likely N-dealkylation sites (N-methyl/N-ethyl adjacent to an activating group) is 2. The summed E-state index contributed by atoms with van der Waals surface area (Å²) in [5, 5.41) is 5.05. The van der Waals surface area contributed by atoms with Gasteiger partial charge in [-0.2, -0.15) is 0 Å². The molecule has 0 spiro atoms. The number of H-pyrrole nitrogens is 1. The van der Waals surface area contributed by atoms with Gasteiger partial charge in [0.2, 0.25) is 5.91 Å². The van der Waals surface area contributed by atoms with E-state index in [1.54, 1.807) is 36.2 Å². The molecule has 10 nitrogen and oxygen atoms in total. The molecule has 1 saturated heterocycles. The minimum absolute atomic E-state index is 0.0235. The lowest BCUT2D eigenvalue weighted by molar-refractivity contribution is -0.129. The Bertz CT molecular complexity index is 1650. The average Bonchev–Trinajstić information content (AvgIpc) is 3.65. The molecule has 3 heterocycles. The van der Waals surface area contributed by atoms with Crippen LogP contribution >= 0.6 is 23.2 Å². The Balaban J connectivity index is 1.44. The van der Waals surface area contributed by atoms with E-state index in [1.807, 2.05) is 30.0 Å². The highest BCUT2D eigenvalue weighted by Crippen LogP contribution is 2.32. The van der Waals surface area contributed by atoms with Gasteiger partial charge < -0.3 is 25.0 Å².